The van der Waals surface area contributed by atoms with Crippen molar-refractivity contribution >= 4 is 11.8 Å². The van der Waals surface area contributed by atoms with Gasteiger partial charge in [-0.25, -0.2) is 0 Å². The van der Waals surface area contributed by atoms with Gasteiger partial charge in [0.05, 0.1) is 24.7 Å². The van der Waals surface area contributed by atoms with Crippen LogP contribution >= 0.6 is 0 Å². The molecule has 0 aromatic heterocycles. The highest BCUT2D eigenvalue weighted by atomic mass is 16.5. The summed E-state index contributed by atoms with van der Waals surface area (Å²) >= 11 is 0. The molecule has 15 heavy (non-hydrogen) atoms. The van der Waals surface area contributed by atoms with Gasteiger partial charge in [-0.2, -0.15) is 0 Å². The van der Waals surface area contributed by atoms with E-state index in [-0.39, 0.29) is 17.9 Å². The van der Waals surface area contributed by atoms with Crippen molar-refractivity contribution in [1.29, 1.82) is 0 Å². The molecule has 0 aromatic rings. The SMILES string of the molecule is CC(C)OCCN1C(=O)CC(C)(C)C1=O. The molecule has 0 N–H and O–H groups in total. The molecule has 1 fully saturated rings. The van der Waals surface area contributed by atoms with E-state index in [2.05, 4.69) is 0 Å². The van der Waals surface area contributed by atoms with Gasteiger partial charge in [0.2, 0.25) is 11.8 Å². The summed E-state index contributed by atoms with van der Waals surface area (Å²) in [7, 11) is 0. The van der Waals surface area contributed by atoms with Crippen LogP contribution in [0.25, 0.3) is 0 Å². The van der Waals surface area contributed by atoms with Crippen LogP contribution in [-0.2, 0) is 14.3 Å². The molecule has 86 valence electrons. The van der Waals surface area contributed by atoms with Crippen LogP contribution in [0.2, 0.25) is 0 Å². The second-order valence-corrected chi connectivity index (χ2v) is 4.83. The standard InChI is InChI=1S/C11H19NO3/c1-8(2)15-6-5-12-9(13)7-11(3,4)10(12)14/h8H,5-7H2,1-4H3. The van der Waals surface area contributed by atoms with Crippen LogP contribution in [0.1, 0.15) is 34.1 Å². The first-order valence-electron chi connectivity index (χ1n) is 5.31. The molecule has 1 saturated heterocycles. The lowest BCUT2D eigenvalue weighted by Gasteiger charge is -2.18. The number of carbonyl (C=O) groups is 2. The van der Waals surface area contributed by atoms with Gasteiger partial charge in [0.25, 0.3) is 0 Å². The maximum Gasteiger partial charge on any atom is 0.235 e. The van der Waals surface area contributed by atoms with E-state index in [1.54, 1.807) is 13.8 Å². The minimum atomic E-state index is -0.533. The Labute approximate surface area is 90.6 Å². The smallest absolute Gasteiger partial charge is 0.235 e. The van der Waals surface area contributed by atoms with Crippen LogP contribution < -0.4 is 0 Å². The van der Waals surface area contributed by atoms with E-state index in [1.165, 1.54) is 4.90 Å². The maximum atomic E-state index is 11.8. The third kappa shape index (κ3) is 2.78. The number of hydrogen-bond donors (Lipinski definition) is 0. The van der Waals surface area contributed by atoms with Crippen molar-refractivity contribution in [1.82, 2.24) is 4.90 Å². The Bertz CT molecular complexity index is 271. The first-order valence-corrected chi connectivity index (χ1v) is 5.31. The molecule has 4 heteroatoms. The summed E-state index contributed by atoms with van der Waals surface area (Å²) in [6, 6.07) is 0. The monoisotopic (exact) mass is 213 g/mol. The second kappa shape index (κ2) is 4.31. The first-order chi connectivity index (χ1) is 6.84. The van der Waals surface area contributed by atoms with Gasteiger partial charge >= 0.3 is 0 Å². The van der Waals surface area contributed by atoms with Gasteiger partial charge in [0.15, 0.2) is 0 Å². The maximum absolute atomic E-state index is 11.8. The third-order valence-electron chi connectivity index (χ3n) is 2.48. The van der Waals surface area contributed by atoms with E-state index in [1.807, 2.05) is 13.8 Å². The van der Waals surface area contributed by atoms with E-state index in [0.717, 1.165) is 0 Å². The zero-order chi connectivity index (χ0) is 11.6. The molecule has 0 bridgehead atoms. The third-order valence-corrected chi connectivity index (χ3v) is 2.48. The molecule has 2 amide bonds. The average molecular weight is 213 g/mol. The van der Waals surface area contributed by atoms with Gasteiger partial charge in [0, 0.05) is 6.42 Å². The summed E-state index contributed by atoms with van der Waals surface area (Å²) in [5.74, 6) is -0.169. The van der Waals surface area contributed by atoms with E-state index in [9.17, 15) is 9.59 Å². The Morgan fingerprint density at radius 3 is 2.40 bits per heavy atom. The summed E-state index contributed by atoms with van der Waals surface area (Å²) in [6.45, 7) is 8.26. The van der Waals surface area contributed by atoms with Crippen molar-refractivity contribution < 1.29 is 14.3 Å². The fraction of sp³-hybridized carbons (Fsp3) is 0.818. The number of rotatable bonds is 4. The van der Waals surface area contributed by atoms with Crippen molar-refractivity contribution in [2.75, 3.05) is 13.2 Å². The summed E-state index contributed by atoms with van der Waals surface area (Å²) in [4.78, 5) is 24.6. The normalized spacial score (nSPS) is 20.5. The predicted octanol–water partition coefficient (Wildman–Crippen LogP) is 1.20. The van der Waals surface area contributed by atoms with Crippen LogP contribution in [0.3, 0.4) is 0 Å². The summed E-state index contributed by atoms with van der Waals surface area (Å²) < 4.78 is 5.32. The fourth-order valence-electron chi connectivity index (χ4n) is 1.63. The molecule has 1 aliphatic heterocycles. The van der Waals surface area contributed by atoms with Crippen LogP contribution in [0.15, 0.2) is 0 Å². The lowest BCUT2D eigenvalue weighted by Crippen LogP contribution is -2.36. The molecule has 1 rings (SSSR count). The first kappa shape index (κ1) is 12.2. The number of likely N-dealkylation sites (tertiary alicyclic amines) is 1. The topological polar surface area (TPSA) is 46.6 Å². The summed E-state index contributed by atoms with van der Waals surface area (Å²) in [5.41, 5.74) is -0.533. The van der Waals surface area contributed by atoms with E-state index >= 15 is 0 Å². The Morgan fingerprint density at radius 2 is 2.00 bits per heavy atom. The summed E-state index contributed by atoms with van der Waals surface area (Å²) in [5, 5.41) is 0. The molecule has 0 atom stereocenters. The molecule has 0 radical (unpaired) electrons. The van der Waals surface area contributed by atoms with Crippen LogP contribution in [-0.4, -0.2) is 36.0 Å². The number of hydrogen-bond acceptors (Lipinski definition) is 3. The number of nitrogens with zero attached hydrogens (tertiary/aromatic N) is 1. The Kier molecular flexibility index (Phi) is 3.50. The lowest BCUT2D eigenvalue weighted by molar-refractivity contribution is -0.141. The Hall–Kier alpha value is -0.900. The minimum absolute atomic E-state index is 0.0835. The number of amides is 2. The van der Waals surface area contributed by atoms with Gasteiger partial charge in [0.1, 0.15) is 0 Å². The molecule has 1 aliphatic rings. The molecular weight excluding hydrogens is 194 g/mol. The highest BCUT2D eigenvalue weighted by Crippen LogP contribution is 2.31. The van der Waals surface area contributed by atoms with Gasteiger partial charge in [-0.1, -0.05) is 13.8 Å². The van der Waals surface area contributed by atoms with Gasteiger partial charge in [-0.15, -0.1) is 0 Å². The quantitative estimate of drug-likeness (QED) is 0.659. The largest absolute Gasteiger partial charge is 0.377 e. The van der Waals surface area contributed by atoms with E-state index in [0.29, 0.717) is 19.6 Å². The molecule has 0 unspecified atom stereocenters. The Morgan fingerprint density at radius 1 is 1.40 bits per heavy atom. The van der Waals surface area contributed by atoms with Gasteiger partial charge in [-0.05, 0) is 13.8 Å². The molecular formula is C11H19NO3. The van der Waals surface area contributed by atoms with E-state index < -0.39 is 5.41 Å². The van der Waals surface area contributed by atoms with Crippen molar-refractivity contribution in [3.63, 3.8) is 0 Å². The second-order valence-electron chi connectivity index (χ2n) is 4.83. The number of ether oxygens (including phenoxy) is 1. The zero-order valence-corrected chi connectivity index (χ0v) is 9.87. The van der Waals surface area contributed by atoms with Crippen molar-refractivity contribution in [2.45, 2.75) is 40.2 Å². The lowest BCUT2D eigenvalue weighted by atomic mass is 9.92. The number of carbonyl (C=O) groups excluding carboxylic acids is 2. The zero-order valence-electron chi connectivity index (χ0n) is 9.87. The van der Waals surface area contributed by atoms with Crippen LogP contribution in [0.5, 0.6) is 0 Å². The molecule has 0 aromatic carbocycles. The molecule has 4 nitrogen and oxygen atoms in total. The summed E-state index contributed by atoms with van der Waals surface area (Å²) in [6.07, 6.45) is 0.443. The van der Waals surface area contributed by atoms with E-state index in [4.69, 9.17) is 4.74 Å². The Balaban J connectivity index is 2.49. The number of imide groups is 1. The molecule has 0 saturated carbocycles. The molecule has 1 heterocycles. The van der Waals surface area contributed by atoms with Crippen molar-refractivity contribution in [3.05, 3.63) is 0 Å². The highest BCUT2D eigenvalue weighted by Gasteiger charge is 2.44. The molecule has 0 aliphatic carbocycles. The fourth-order valence-corrected chi connectivity index (χ4v) is 1.63. The molecule has 0 spiro atoms. The average Bonchev–Trinajstić information content (AvgIpc) is 2.26. The van der Waals surface area contributed by atoms with Gasteiger partial charge < -0.3 is 4.74 Å². The van der Waals surface area contributed by atoms with Gasteiger partial charge in [-0.3, -0.25) is 14.5 Å². The minimum Gasteiger partial charge on any atom is -0.377 e. The van der Waals surface area contributed by atoms with Crippen molar-refractivity contribution in [3.8, 4) is 0 Å². The predicted molar refractivity (Wildman–Crippen MR) is 56.2 cm³/mol. The van der Waals surface area contributed by atoms with Crippen molar-refractivity contribution in [2.24, 2.45) is 5.41 Å². The van der Waals surface area contributed by atoms with Crippen LogP contribution in [0, 0.1) is 5.41 Å². The van der Waals surface area contributed by atoms with Crippen LogP contribution in [0.4, 0.5) is 0 Å². The highest BCUT2D eigenvalue weighted by molar-refractivity contribution is 6.05.